The number of methoxy groups -OCH3 is 2. The second kappa shape index (κ2) is 40.1. The Balaban J connectivity index is 0.000000287. The Kier molecular flexibility index (Phi) is 32.5. The Morgan fingerprint density at radius 1 is 0.490 bits per heavy atom. The van der Waals surface area contributed by atoms with E-state index in [2.05, 4.69) is 47.8 Å². The first-order valence-corrected chi connectivity index (χ1v) is 30.7. The molecule has 2 radical (unpaired) electrons. The number of hydrogen-bond donors (Lipinski definition) is 3. The monoisotopic (exact) mass is 1670 g/mol. The van der Waals surface area contributed by atoms with E-state index in [1.165, 1.54) is 12.1 Å². The van der Waals surface area contributed by atoms with E-state index in [1.54, 1.807) is 61.7 Å². The number of benzene rings is 10. The predicted octanol–water partition coefficient (Wildman–Crippen LogP) is 8.49. The molecule has 7 N–H and O–H groups in total. The zero-order chi connectivity index (χ0) is 68.1. The molecule has 14 aromatic rings. The van der Waals surface area contributed by atoms with Crippen molar-refractivity contribution in [3.63, 3.8) is 0 Å². The normalized spacial score (nSPS) is 10.2. The van der Waals surface area contributed by atoms with Crippen LogP contribution >= 0.6 is 0 Å². The van der Waals surface area contributed by atoms with Gasteiger partial charge >= 0.3 is 65.1 Å². The first kappa shape index (κ1) is 84.3. The van der Waals surface area contributed by atoms with Crippen LogP contribution in [0.25, 0.3) is 72.1 Å². The van der Waals surface area contributed by atoms with Crippen molar-refractivity contribution in [3.05, 3.63) is 286 Å². The zero-order valence-electron chi connectivity index (χ0n) is 57.4. The number of carbonyl (C=O) groups excluding carboxylic acids is 1. The van der Waals surface area contributed by atoms with Crippen molar-refractivity contribution in [2.45, 2.75) is 40.2 Å². The minimum Gasteiger partial charge on any atom is -0.545 e. The second-order valence-corrected chi connectivity index (χ2v) is 22.0. The fourth-order valence-corrected chi connectivity index (χ4v) is 11.4. The van der Waals surface area contributed by atoms with Crippen molar-refractivity contribution in [1.82, 2.24) is 30.2 Å². The van der Waals surface area contributed by atoms with E-state index in [4.69, 9.17) is 47.7 Å². The number of aryl methyl sites for hydroxylation is 2. The van der Waals surface area contributed by atoms with E-state index in [1.807, 2.05) is 178 Å². The Labute approximate surface area is 706 Å². The van der Waals surface area contributed by atoms with Gasteiger partial charge in [0.15, 0.2) is 23.0 Å². The standard InChI is InChI=1S/2C38H30N2O6.H2N5O.2Na.2H2O.2Pr/c2*1-24-29(39-37(45-24)26-11-4-3-5-12-26)23-44-33-20-19-25(21-35(33)43-2)22-40-30-15-8-6-13-27(30)36-31(40)16-10-18-34(36)46-32-17-9-7-14-28(32)38(41)42;1-2-3-4-5-6;;;;;;/h2*3-21H,22-23H2,1-2H3,(H,41,42);(H2-,1,2,3,4,5,6);;;2*1H2;;/q;;-1;2*+1;;;;/p-1. The van der Waals surface area contributed by atoms with Crippen LogP contribution < -0.4 is 104 Å². The van der Waals surface area contributed by atoms with Crippen LogP contribution in [0.1, 0.15) is 54.8 Å². The van der Waals surface area contributed by atoms with Crippen molar-refractivity contribution in [2.75, 3.05) is 14.2 Å². The molecule has 512 valence electrons. The van der Waals surface area contributed by atoms with Gasteiger partial charge in [0.2, 0.25) is 11.8 Å². The van der Waals surface area contributed by atoms with Gasteiger partial charge in [-0.05, 0) is 134 Å². The molecular weight excluding hydrogens is 1610 g/mol. The molecule has 28 heteroatoms. The van der Waals surface area contributed by atoms with Gasteiger partial charge in [0.25, 0.3) is 0 Å². The summed E-state index contributed by atoms with van der Waals surface area (Å²) in [6, 6.07) is 72.3. The van der Waals surface area contributed by atoms with Gasteiger partial charge < -0.3 is 83.4 Å². The van der Waals surface area contributed by atoms with Gasteiger partial charge in [-0.15, -0.1) is 4.91 Å². The van der Waals surface area contributed by atoms with E-state index < -0.39 is 11.9 Å². The summed E-state index contributed by atoms with van der Waals surface area (Å²) >= 11 is 0. The van der Waals surface area contributed by atoms with Gasteiger partial charge in [-0.25, -0.2) is 20.3 Å². The number of rotatable bonds is 23. The van der Waals surface area contributed by atoms with Crippen molar-refractivity contribution in [2.24, 2.45) is 10.5 Å². The van der Waals surface area contributed by atoms with Crippen molar-refractivity contribution >= 4 is 55.6 Å². The minimum absolute atomic E-state index is 0. The molecule has 0 unspecified atom stereocenters. The average molecular weight is 1670 g/mol. The summed E-state index contributed by atoms with van der Waals surface area (Å²) in [5, 5.41) is 29.5. The summed E-state index contributed by atoms with van der Waals surface area (Å²) < 4.78 is 52.5. The number of aromatic nitrogens is 4. The number of para-hydroxylation sites is 4. The second-order valence-electron chi connectivity index (χ2n) is 22.0. The molecule has 0 fully saturated rings. The van der Waals surface area contributed by atoms with Gasteiger partial charge in [0.05, 0.1) is 47.3 Å². The summed E-state index contributed by atoms with van der Waals surface area (Å²) in [7, 11) is 3.25. The van der Waals surface area contributed by atoms with E-state index in [-0.39, 0.29) is 188 Å². The number of hydrogen-bond acceptors (Lipinski definition) is 16. The molecule has 0 aliphatic carbocycles. The van der Waals surface area contributed by atoms with E-state index >= 15 is 0 Å². The number of oxazole rings is 2. The van der Waals surface area contributed by atoms with E-state index in [9.17, 15) is 19.8 Å². The third kappa shape index (κ3) is 19.5. The topological polar surface area (TPSA) is 346 Å². The number of nitrogens with one attached hydrogen (secondary N) is 2. The predicted molar refractivity (Wildman–Crippen MR) is 374 cm³/mol. The SMILES string of the molecule is COc1cc(Cn2c3ccccc3c3c(Oc4ccccc4C(=O)O)cccc32)ccc1OCc1nc(-c2ccccc2)oc1C.COc1cc(Cn2c3ccccc3c3c(Oc4ccccc4C(=O)[O-])cccc32)ccc1OCc1nc(-c2ccccc2)oc1C.O.O.[N-]=NNNN=O.[Na+].[Na+].[Pr].[Pr]. The van der Waals surface area contributed by atoms with Crippen LogP contribution in [0.3, 0.4) is 0 Å². The van der Waals surface area contributed by atoms with Crippen LogP contribution in [0.15, 0.2) is 250 Å². The molecule has 4 aromatic heterocycles. The molecule has 4 heterocycles. The fourth-order valence-electron chi connectivity index (χ4n) is 11.4. The van der Waals surface area contributed by atoms with Gasteiger partial charge in [0, 0.05) is 134 Å². The van der Waals surface area contributed by atoms with Gasteiger partial charge in [-0.3, -0.25) is 5.22 Å². The largest absolute Gasteiger partial charge is 1.00 e. The number of nitrogens with zero attached hydrogens (tertiary/aromatic N) is 7. The third-order valence-electron chi connectivity index (χ3n) is 16.0. The summed E-state index contributed by atoms with van der Waals surface area (Å²) in [4.78, 5) is 41.8. The Morgan fingerprint density at radius 2 is 0.875 bits per heavy atom. The zero-order valence-corrected chi connectivity index (χ0v) is 68.8. The number of ether oxygens (including phenoxy) is 6. The smallest absolute Gasteiger partial charge is 0.545 e. The molecule has 24 nitrogen and oxygen atoms in total. The molecule has 0 saturated heterocycles. The number of carbonyl (C=O) groups is 2. The van der Waals surface area contributed by atoms with Gasteiger partial charge in [-0.2, -0.15) is 0 Å². The maximum atomic E-state index is 11.8. The van der Waals surface area contributed by atoms with Crippen LogP contribution in [-0.4, -0.2) is 61.3 Å². The Bertz CT molecular complexity index is 4910. The number of carboxylic acids is 2. The first-order valence-electron chi connectivity index (χ1n) is 30.7. The summed E-state index contributed by atoms with van der Waals surface area (Å²) in [5.41, 5.74) is 20.0. The molecule has 0 aliphatic heterocycles. The molecule has 14 rings (SSSR count). The molecule has 0 amide bonds. The van der Waals surface area contributed by atoms with Crippen LogP contribution in [-0.2, 0) is 26.3 Å². The maximum absolute atomic E-state index is 11.8. The molecule has 0 atom stereocenters. The Hall–Kier alpha value is -8.59. The van der Waals surface area contributed by atoms with Crippen LogP contribution in [0.5, 0.6) is 46.0 Å². The molecule has 0 bridgehead atoms. The number of hydrazine groups is 1. The minimum atomic E-state index is -1.29. The number of fused-ring (bicyclic) bond motifs is 6. The molecular formula is C76H65N9Na2O15Pr2. The van der Waals surface area contributed by atoms with Gasteiger partial charge in [-0.1, -0.05) is 121 Å². The van der Waals surface area contributed by atoms with Crippen molar-refractivity contribution < 1.29 is 210 Å². The molecule has 0 aliphatic rings. The molecule has 104 heavy (non-hydrogen) atoms. The molecule has 0 saturated carbocycles. The summed E-state index contributed by atoms with van der Waals surface area (Å²) in [6.07, 6.45) is 0. The molecule has 0 spiro atoms. The average Bonchev–Trinajstić information content (AvgIpc) is 1.60. The van der Waals surface area contributed by atoms with Crippen molar-refractivity contribution in [1.29, 1.82) is 0 Å². The third-order valence-corrected chi connectivity index (χ3v) is 16.0. The van der Waals surface area contributed by atoms with E-state index in [0.29, 0.717) is 70.9 Å². The quantitative estimate of drug-likeness (QED) is 0.0178. The van der Waals surface area contributed by atoms with Crippen molar-refractivity contribution in [3.8, 4) is 68.9 Å². The Morgan fingerprint density at radius 3 is 1.28 bits per heavy atom. The maximum Gasteiger partial charge on any atom is 1.00 e. The number of nitroso groups, excluding NO2 is 1. The number of carboxylic acid groups (broad SMARTS) is 2. The van der Waals surface area contributed by atoms with Crippen LogP contribution in [0.4, 0.5) is 0 Å². The van der Waals surface area contributed by atoms with E-state index in [0.717, 1.165) is 77.3 Å². The van der Waals surface area contributed by atoms with Gasteiger partial charge in [0.1, 0.15) is 64.7 Å². The van der Waals surface area contributed by atoms with Crippen LogP contribution in [0, 0.1) is 101 Å². The summed E-state index contributed by atoms with van der Waals surface area (Å²) in [5.74, 6) is 4.25. The fraction of sp³-hybridized carbons (Fsp3) is 0.105. The molecule has 10 aromatic carbocycles. The summed E-state index contributed by atoms with van der Waals surface area (Å²) in [6.45, 7) is 5.32. The first-order chi connectivity index (χ1) is 47.9. The van der Waals surface area contributed by atoms with Crippen LogP contribution in [0.2, 0.25) is 0 Å². The number of aromatic carboxylic acids is 2.